The second kappa shape index (κ2) is 6.74. The number of hydrogen-bond donors (Lipinski definition) is 2. The molecule has 0 aliphatic heterocycles. The molecule has 1 heterocycles. The van der Waals surface area contributed by atoms with Crippen molar-refractivity contribution in [1.29, 1.82) is 0 Å². The topological polar surface area (TPSA) is 95.2 Å². The third-order valence-electron chi connectivity index (χ3n) is 4.26. The maximum atomic E-state index is 12.6. The standard InChI is InChI=1S/C16H20N4O3S/c1-20(11-14-9-10-17-19-14)24(22,23)15-7-5-13(6-8-15)18-16(21)12-3-2-4-12/h5-10,12H,2-4,11H2,1H3,(H,17,19)(H,18,21). The molecule has 1 aromatic carbocycles. The Morgan fingerprint density at radius 1 is 1.29 bits per heavy atom. The number of aromatic amines is 1. The summed E-state index contributed by atoms with van der Waals surface area (Å²) >= 11 is 0. The number of anilines is 1. The summed E-state index contributed by atoms with van der Waals surface area (Å²) in [6.45, 7) is 0.211. The van der Waals surface area contributed by atoms with Crippen molar-refractivity contribution in [1.82, 2.24) is 14.5 Å². The molecule has 24 heavy (non-hydrogen) atoms. The number of benzene rings is 1. The van der Waals surface area contributed by atoms with E-state index in [0.29, 0.717) is 11.4 Å². The first-order valence-electron chi connectivity index (χ1n) is 7.82. The van der Waals surface area contributed by atoms with E-state index in [1.807, 2.05) is 0 Å². The normalized spacial score (nSPS) is 15.2. The van der Waals surface area contributed by atoms with E-state index in [0.717, 1.165) is 19.3 Å². The minimum atomic E-state index is -3.60. The van der Waals surface area contributed by atoms with Gasteiger partial charge in [-0.1, -0.05) is 6.42 Å². The van der Waals surface area contributed by atoms with Crippen molar-refractivity contribution in [3.63, 3.8) is 0 Å². The molecule has 0 spiro atoms. The molecule has 2 aromatic rings. The molecule has 1 aliphatic rings. The molecule has 1 saturated carbocycles. The van der Waals surface area contributed by atoms with Crippen molar-refractivity contribution in [3.8, 4) is 0 Å². The van der Waals surface area contributed by atoms with Gasteiger partial charge in [-0.2, -0.15) is 9.40 Å². The maximum Gasteiger partial charge on any atom is 0.243 e. The van der Waals surface area contributed by atoms with Gasteiger partial charge in [0, 0.05) is 24.8 Å². The zero-order valence-corrected chi connectivity index (χ0v) is 14.2. The number of nitrogens with one attached hydrogen (secondary N) is 2. The molecule has 3 rings (SSSR count). The van der Waals surface area contributed by atoms with Crippen molar-refractivity contribution in [2.75, 3.05) is 12.4 Å². The predicted octanol–water partition coefficient (Wildman–Crippen LogP) is 1.97. The van der Waals surface area contributed by atoms with E-state index in [9.17, 15) is 13.2 Å². The molecule has 0 saturated heterocycles. The number of rotatable bonds is 6. The van der Waals surface area contributed by atoms with Gasteiger partial charge in [-0.05, 0) is 43.2 Å². The van der Waals surface area contributed by atoms with Gasteiger partial charge >= 0.3 is 0 Å². The summed E-state index contributed by atoms with van der Waals surface area (Å²) in [4.78, 5) is 12.1. The van der Waals surface area contributed by atoms with Crippen LogP contribution in [0.1, 0.15) is 25.0 Å². The van der Waals surface area contributed by atoms with E-state index in [1.54, 1.807) is 24.4 Å². The minimum Gasteiger partial charge on any atom is -0.326 e. The molecule has 0 unspecified atom stereocenters. The van der Waals surface area contributed by atoms with Crippen molar-refractivity contribution in [3.05, 3.63) is 42.2 Å². The molecule has 1 amide bonds. The van der Waals surface area contributed by atoms with Gasteiger partial charge in [0.1, 0.15) is 0 Å². The molecular formula is C16H20N4O3S. The number of sulfonamides is 1. The lowest BCUT2D eigenvalue weighted by Gasteiger charge is -2.24. The molecule has 1 aromatic heterocycles. The SMILES string of the molecule is CN(Cc1ccn[nH]1)S(=O)(=O)c1ccc(NC(=O)C2CCC2)cc1. The van der Waals surface area contributed by atoms with E-state index < -0.39 is 10.0 Å². The van der Waals surface area contributed by atoms with Crippen LogP contribution >= 0.6 is 0 Å². The number of H-pyrrole nitrogens is 1. The van der Waals surface area contributed by atoms with Crippen molar-refractivity contribution in [2.24, 2.45) is 5.92 Å². The number of carbonyl (C=O) groups excluding carboxylic acids is 1. The molecule has 128 valence electrons. The Hall–Kier alpha value is -2.19. The fraction of sp³-hybridized carbons (Fsp3) is 0.375. The number of aromatic nitrogens is 2. The molecule has 0 bridgehead atoms. The Balaban J connectivity index is 1.68. The number of nitrogens with zero attached hydrogens (tertiary/aromatic N) is 2. The van der Waals surface area contributed by atoms with Gasteiger partial charge < -0.3 is 5.32 Å². The van der Waals surface area contributed by atoms with Gasteiger partial charge in [0.05, 0.1) is 17.1 Å². The van der Waals surface area contributed by atoms with Crippen LogP contribution in [0.3, 0.4) is 0 Å². The summed E-state index contributed by atoms with van der Waals surface area (Å²) in [6.07, 6.45) is 4.53. The zero-order valence-electron chi connectivity index (χ0n) is 13.4. The Kier molecular flexibility index (Phi) is 4.68. The van der Waals surface area contributed by atoms with Crippen LogP contribution in [0.4, 0.5) is 5.69 Å². The molecule has 8 heteroatoms. The summed E-state index contributed by atoms with van der Waals surface area (Å²) in [5, 5.41) is 9.38. The highest BCUT2D eigenvalue weighted by atomic mass is 32.2. The largest absolute Gasteiger partial charge is 0.326 e. The summed E-state index contributed by atoms with van der Waals surface area (Å²) in [6, 6.07) is 7.98. The molecule has 0 radical (unpaired) electrons. The second-order valence-electron chi connectivity index (χ2n) is 5.98. The highest BCUT2D eigenvalue weighted by Crippen LogP contribution is 2.28. The average molecular weight is 348 g/mol. The summed E-state index contributed by atoms with van der Waals surface area (Å²) < 4.78 is 26.4. The van der Waals surface area contributed by atoms with Crippen molar-refractivity contribution >= 4 is 21.6 Å². The van der Waals surface area contributed by atoms with Gasteiger partial charge in [0.15, 0.2) is 0 Å². The van der Waals surface area contributed by atoms with E-state index in [1.165, 1.54) is 23.5 Å². The van der Waals surface area contributed by atoms with Crippen LogP contribution in [0.5, 0.6) is 0 Å². The number of carbonyl (C=O) groups is 1. The molecule has 2 N–H and O–H groups in total. The Morgan fingerprint density at radius 3 is 2.54 bits per heavy atom. The minimum absolute atomic E-state index is 0.00761. The van der Waals surface area contributed by atoms with Crippen LogP contribution in [0.2, 0.25) is 0 Å². The Bertz CT molecular complexity index is 796. The lowest BCUT2D eigenvalue weighted by molar-refractivity contribution is -0.122. The van der Waals surface area contributed by atoms with Crippen LogP contribution in [0, 0.1) is 5.92 Å². The highest BCUT2D eigenvalue weighted by molar-refractivity contribution is 7.89. The van der Waals surface area contributed by atoms with Crippen LogP contribution < -0.4 is 5.32 Å². The number of amides is 1. The first kappa shape index (κ1) is 16.7. The predicted molar refractivity (Wildman–Crippen MR) is 89.7 cm³/mol. The van der Waals surface area contributed by atoms with Crippen molar-refractivity contribution in [2.45, 2.75) is 30.7 Å². The van der Waals surface area contributed by atoms with Gasteiger partial charge in [0.25, 0.3) is 0 Å². The number of hydrogen-bond acceptors (Lipinski definition) is 4. The molecule has 7 nitrogen and oxygen atoms in total. The molecule has 1 aliphatic carbocycles. The van der Waals surface area contributed by atoms with E-state index >= 15 is 0 Å². The third-order valence-corrected chi connectivity index (χ3v) is 6.08. The Labute approximate surface area is 141 Å². The van der Waals surface area contributed by atoms with Gasteiger partial charge in [-0.15, -0.1) is 0 Å². The van der Waals surface area contributed by atoms with Gasteiger partial charge in [0.2, 0.25) is 15.9 Å². The summed E-state index contributed by atoms with van der Waals surface area (Å²) in [5.74, 6) is 0.0992. The zero-order chi connectivity index (χ0) is 17.2. The fourth-order valence-corrected chi connectivity index (χ4v) is 3.65. The monoisotopic (exact) mass is 348 g/mol. The van der Waals surface area contributed by atoms with Gasteiger partial charge in [-0.25, -0.2) is 8.42 Å². The highest BCUT2D eigenvalue weighted by Gasteiger charge is 2.25. The summed E-state index contributed by atoms with van der Waals surface area (Å²) in [5.41, 5.74) is 1.33. The van der Waals surface area contributed by atoms with Gasteiger partial charge in [-0.3, -0.25) is 9.89 Å². The van der Waals surface area contributed by atoms with E-state index in [4.69, 9.17) is 0 Å². The molecule has 0 atom stereocenters. The first-order chi connectivity index (χ1) is 11.5. The van der Waals surface area contributed by atoms with Crippen LogP contribution in [0.25, 0.3) is 0 Å². The van der Waals surface area contributed by atoms with Crippen LogP contribution in [-0.2, 0) is 21.4 Å². The smallest absolute Gasteiger partial charge is 0.243 e. The lowest BCUT2D eigenvalue weighted by atomic mass is 9.85. The lowest BCUT2D eigenvalue weighted by Crippen LogP contribution is -2.28. The second-order valence-corrected chi connectivity index (χ2v) is 8.03. The van der Waals surface area contributed by atoms with E-state index in [2.05, 4.69) is 15.5 Å². The van der Waals surface area contributed by atoms with Crippen molar-refractivity contribution < 1.29 is 13.2 Å². The van der Waals surface area contributed by atoms with E-state index in [-0.39, 0.29) is 23.3 Å². The summed E-state index contributed by atoms with van der Waals surface area (Å²) in [7, 11) is -2.08. The fourth-order valence-electron chi connectivity index (χ4n) is 2.50. The van der Waals surface area contributed by atoms with Crippen LogP contribution in [0.15, 0.2) is 41.4 Å². The first-order valence-corrected chi connectivity index (χ1v) is 9.26. The maximum absolute atomic E-state index is 12.6. The Morgan fingerprint density at radius 2 is 2.00 bits per heavy atom. The molecular weight excluding hydrogens is 328 g/mol. The molecule has 1 fully saturated rings. The average Bonchev–Trinajstić information content (AvgIpc) is 2.98. The quantitative estimate of drug-likeness (QED) is 0.834. The third kappa shape index (κ3) is 3.49. The van der Waals surface area contributed by atoms with Crippen LogP contribution in [-0.4, -0.2) is 35.9 Å².